The molecule has 0 heterocycles. The summed E-state index contributed by atoms with van der Waals surface area (Å²) in [5.41, 5.74) is 0. The van der Waals surface area contributed by atoms with Gasteiger partial charge in [-0.25, -0.2) is 8.42 Å². The van der Waals surface area contributed by atoms with Crippen molar-refractivity contribution in [3.63, 3.8) is 0 Å². The van der Waals surface area contributed by atoms with E-state index in [9.17, 15) is 8.42 Å². The zero-order valence-electron chi connectivity index (χ0n) is 5.74. The van der Waals surface area contributed by atoms with E-state index in [1.54, 1.807) is 12.2 Å². The maximum Gasteiger partial charge on any atom is 0.158 e. The van der Waals surface area contributed by atoms with Gasteiger partial charge in [-0.05, 0) is 6.42 Å². The maximum absolute atomic E-state index is 10.9. The lowest BCUT2D eigenvalue weighted by Crippen LogP contribution is -2.08. The van der Waals surface area contributed by atoms with Crippen molar-refractivity contribution in [3.8, 4) is 0 Å². The van der Waals surface area contributed by atoms with Gasteiger partial charge in [-0.3, -0.25) is 0 Å². The summed E-state index contributed by atoms with van der Waals surface area (Å²) in [5.74, 6) is 0. The van der Waals surface area contributed by atoms with Crippen molar-refractivity contribution >= 4 is 9.84 Å². The fourth-order valence-corrected chi connectivity index (χ4v) is 1.49. The molecule has 1 aliphatic rings. The Morgan fingerprint density at radius 3 is 2.40 bits per heavy atom. The van der Waals surface area contributed by atoms with Crippen molar-refractivity contribution in [3.05, 3.63) is 29.6 Å². The molecule has 0 unspecified atom stereocenters. The van der Waals surface area contributed by atoms with Gasteiger partial charge in [0.1, 0.15) is 5.25 Å². The zero-order valence-corrected chi connectivity index (χ0v) is 6.56. The van der Waals surface area contributed by atoms with Crippen molar-refractivity contribution in [2.24, 2.45) is 0 Å². The zero-order chi connectivity index (χ0) is 7.61. The van der Waals surface area contributed by atoms with Crippen LogP contribution in [-0.2, 0) is 9.84 Å². The summed E-state index contributed by atoms with van der Waals surface area (Å²) in [7, 11) is -2.95. The van der Waals surface area contributed by atoms with Crippen molar-refractivity contribution in [1.29, 1.82) is 0 Å². The first-order chi connectivity index (χ1) is 4.61. The van der Waals surface area contributed by atoms with Crippen LogP contribution in [-0.4, -0.2) is 14.7 Å². The monoisotopic (exact) mass is 157 g/mol. The van der Waals surface area contributed by atoms with Crippen LogP contribution in [0.15, 0.2) is 24.3 Å². The van der Waals surface area contributed by atoms with Gasteiger partial charge in [0.15, 0.2) is 9.84 Å². The highest BCUT2D eigenvalue weighted by Gasteiger charge is 2.17. The molecule has 0 atom stereocenters. The van der Waals surface area contributed by atoms with Crippen LogP contribution in [0, 0.1) is 5.25 Å². The summed E-state index contributed by atoms with van der Waals surface area (Å²) in [6, 6.07) is 0. The SMILES string of the molecule is CS(=O)(=O)[C]1C=CC=CC1. The second-order valence-electron chi connectivity index (χ2n) is 2.23. The van der Waals surface area contributed by atoms with Gasteiger partial charge in [0.25, 0.3) is 0 Å². The molecule has 0 aromatic heterocycles. The Hall–Kier alpha value is -0.570. The van der Waals surface area contributed by atoms with Crippen LogP contribution >= 0.6 is 0 Å². The second-order valence-corrected chi connectivity index (χ2v) is 4.30. The van der Waals surface area contributed by atoms with E-state index in [2.05, 4.69) is 0 Å². The van der Waals surface area contributed by atoms with Crippen LogP contribution < -0.4 is 0 Å². The Morgan fingerprint density at radius 2 is 2.10 bits per heavy atom. The van der Waals surface area contributed by atoms with E-state index in [4.69, 9.17) is 0 Å². The molecule has 0 aromatic carbocycles. The van der Waals surface area contributed by atoms with Gasteiger partial charge in [0, 0.05) is 6.26 Å². The molecule has 0 aromatic rings. The Morgan fingerprint density at radius 1 is 1.40 bits per heavy atom. The van der Waals surface area contributed by atoms with Gasteiger partial charge < -0.3 is 0 Å². The first-order valence-electron chi connectivity index (χ1n) is 3.00. The first-order valence-corrected chi connectivity index (χ1v) is 4.89. The van der Waals surface area contributed by atoms with Crippen LogP contribution in [0.2, 0.25) is 0 Å². The number of rotatable bonds is 1. The molecule has 0 saturated heterocycles. The average molecular weight is 157 g/mol. The predicted octanol–water partition coefficient (Wildman–Crippen LogP) is 1.08. The molecule has 0 spiro atoms. The third-order valence-electron chi connectivity index (χ3n) is 1.32. The molecule has 55 valence electrons. The highest BCUT2D eigenvalue weighted by Crippen LogP contribution is 2.19. The highest BCUT2D eigenvalue weighted by molar-refractivity contribution is 7.93. The lowest BCUT2D eigenvalue weighted by Gasteiger charge is -2.07. The number of hydrogen-bond acceptors (Lipinski definition) is 2. The normalized spacial score (nSPS) is 19.7. The lowest BCUT2D eigenvalue weighted by atomic mass is 10.2. The minimum Gasteiger partial charge on any atom is -0.228 e. The van der Waals surface area contributed by atoms with Crippen molar-refractivity contribution in [2.45, 2.75) is 6.42 Å². The van der Waals surface area contributed by atoms with Gasteiger partial charge in [-0.15, -0.1) is 0 Å². The largest absolute Gasteiger partial charge is 0.228 e. The summed E-state index contributed by atoms with van der Waals surface area (Å²) in [4.78, 5) is 0. The van der Waals surface area contributed by atoms with E-state index < -0.39 is 9.84 Å². The maximum atomic E-state index is 10.9. The van der Waals surface area contributed by atoms with E-state index in [1.807, 2.05) is 12.2 Å². The average Bonchev–Trinajstić information content (AvgIpc) is 1.88. The Bertz CT molecular complexity index is 259. The molecule has 3 heteroatoms. The molecule has 0 saturated carbocycles. The fourth-order valence-electron chi connectivity index (χ4n) is 0.769. The summed E-state index contributed by atoms with van der Waals surface area (Å²) in [6.45, 7) is 0. The van der Waals surface area contributed by atoms with Crippen LogP contribution in [0.4, 0.5) is 0 Å². The molecule has 2 nitrogen and oxygen atoms in total. The van der Waals surface area contributed by atoms with E-state index in [-0.39, 0.29) is 0 Å². The fraction of sp³-hybridized carbons (Fsp3) is 0.286. The Labute approximate surface area is 61.2 Å². The third kappa shape index (κ3) is 1.70. The topological polar surface area (TPSA) is 34.1 Å². The molecule has 0 bridgehead atoms. The van der Waals surface area contributed by atoms with Crippen molar-refractivity contribution in [2.75, 3.05) is 6.26 Å². The minimum absolute atomic E-state index is 0.495. The third-order valence-corrected chi connectivity index (χ3v) is 2.58. The van der Waals surface area contributed by atoms with Crippen LogP contribution in [0.25, 0.3) is 0 Å². The van der Waals surface area contributed by atoms with Crippen molar-refractivity contribution < 1.29 is 8.42 Å². The lowest BCUT2D eigenvalue weighted by molar-refractivity contribution is 0.603. The molecular weight excluding hydrogens is 148 g/mol. The molecule has 10 heavy (non-hydrogen) atoms. The van der Waals surface area contributed by atoms with E-state index >= 15 is 0 Å². The minimum atomic E-state index is -2.95. The molecule has 0 aliphatic heterocycles. The number of allylic oxidation sites excluding steroid dienone is 3. The molecule has 0 N–H and O–H groups in total. The second kappa shape index (κ2) is 2.58. The molecule has 1 rings (SSSR count). The summed E-state index contributed by atoms with van der Waals surface area (Å²) >= 11 is 0. The first kappa shape index (κ1) is 7.54. The molecule has 1 radical (unpaired) electrons. The van der Waals surface area contributed by atoms with Gasteiger partial charge in [-0.1, -0.05) is 24.3 Å². The summed E-state index contributed by atoms with van der Waals surface area (Å²) in [5, 5.41) is 0.495. The summed E-state index contributed by atoms with van der Waals surface area (Å²) in [6.07, 6.45) is 8.81. The predicted molar refractivity (Wildman–Crippen MR) is 41.0 cm³/mol. The summed E-state index contributed by atoms with van der Waals surface area (Å²) < 4.78 is 21.7. The number of sulfone groups is 1. The van der Waals surface area contributed by atoms with E-state index in [0.29, 0.717) is 11.7 Å². The van der Waals surface area contributed by atoms with Crippen LogP contribution in [0.5, 0.6) is 0 Å². The molecule has 0 fully saturated rings. The van der Waals surface area contributed by atoms with Crippen molar-refractivity contribution in [1.82, 2.24) is 0 Å². The standard InChI is InChI=1S/C7H9O2S/c1-10(8,9)7-5-3-2-4-6-7/h2-5H,6H2,1H3. The van der Waals surface area contributed by atoms with E-state index in [1.165, 1.54) is 6.26 Å². The molecule has 1 aliphatic carbocycles. The Balaban J connectivity index is 2.79. The van der Waals surface area contributed by atoms with Gasteiger partial charge in [0.2, 0.25) is 0 Å². The van der Waals surface area contributed by atoms with E-state index in [0.717, 1.165) is 0 Å². The van der Waals surface area contributed by atoms with Crippen LogP contribution in [0.3, 0.4) is 0 Å². The highest BCUT2D eigenvalue weighted by atomic mass is 32.2. The molecule has 0 amide bonds. The quantitative estimate of drug-likeness (QED) is 0.570. The number of hydrogen-bond donors (Lipinski definition) is 0. The van der Waals surface area contributed by atoms with Gasteiger partial charge >= 0.3 is 0 Å². The molecular formula is C7H9O2S. The van der Waals surface area contributed by atoms with Crippen LogP contribution in [0.1, 0.15) is 6.42 Å². The van der Waals surface area contributed by atoms with Gasteiger partial charge in [0.05, 0.1) is 0 Å². The van der Waals surface area contributed by atoms with Gasteiger partial charge in [-0.2, -0.15) is 0 Å². The smallest absolute Gasteiger partial charge is 0.158 e. The Kier molecular flexibility index (Phi) is 1.94.